The lowest BCUT2D eigenvalue weighted by Gasteiger charge is -2.34. The lowest BCUT2D eigenvalue weighted by atomic mass is 10.0. The maximum atomic E-state index is 14.4. The molecule has 0 radical (unpaired) electrons. The molecule has 0 unspecified atom stereocenters. The van der Waals surface area contributed by atoms with E-state index in [-0.39, 0.29) is 29.5 Å². The fourth-order valence-corrected chi connectivity index (χ4v) is 6.49. The molecule has 0 saturated carbocycles. The van der Waals surface area contributed by atoms with E-state index in [0.29, 0.717) is 15.6 Å². The summed E-state index contributed by atoms with van der Waals surface area (Å²) in [5.74, 6) is -0.937. The molecule has 4 rings (SSSR count). The van der Waals surface area contributed by atoms with Crippen LogP contribution in [-0.2, 0) is 32.6 Å². The van der Waals surface area contributed by atoms with Crippen LogP contribution in [0.15, 0.2) is 102 Å². The van der Waals surface area contributed by atoms with Crippen LogP contribution in [0, 0.1) is 13.8 Å². The minimum atomic E-state index is -4.22. The Labute approximate surface area is 263 Å². The molecule has 0 saturated heterocycles. The van der Waals surface area contributed by atoms with Crippen LogP contribution in [0.5, 0.6) is 0 Å². The standard InChI is InChI=1S/C33H33Cl2N3O4S/c1-23-12-18-28(19-13-23)43(41,42)38(30-11-7-10-29(35)24(30)2)22-32(39)37(21-26-14-16-27(34)17-15-26)31(33(40)36-3)20-25-8-5-4-6-9-25/h4-19,31H,20-22H2,1-3H3,(H,36,40)/t31-/m0/s1. The summed E-state index contributed by atoms with van der Waals surface area (Å²) in [6.07, 6.45) is 0.223. The van der Waals surface area contributed by atoms with E-state index in [4.69, 9.17) is 23.2 Å². The van der Waals surface area contributed by atoms with Crippen LogP contribution < -0.4 is 9.62 Å². The van der Waals surface area contributed by atoms with Gasteiger partial charge in [-0.25, -0.2) is 8.42 Å². The molecule has 43 heavy (non-hydrogen) atoms. The summed E-state index contributed by atoms with van der Waals surface area (Å²) in [6.45, 7) is 3.05. The van der Waals surface area contributed by atoms with Crippen molar-refractivity contribution in [2.45, 2.75) is 37.8 Å². The van der Waals surface area contributed by atoms with E-state index in [0.717, 1.165) is 21.0 Å². The summed E-state index contributed by atoms with van der Waals surface area (Å²) in [5, 5.41) is 3.56. The third kappa shape index (κ3) is 7.76. The molecule has 4 aromatic carbocycles. The van der Waals surface area contributed by atoms with Gasteiger partial charge in [-0.3, -0.25) is 13.9 Å². The zero-order valence-corrected chi connectivity index (χ0v) is 26.5. The van der Waals surface area contributed by atoms with Crippen molar-refractivity contribution in [3.8, 4) is 0 Å². The number of likely N-dealkylation sites (N-methyl/N-ethyl adjacent to an activating group) is 1. The van der Waals surface area contributed by atoms with E-state index in [1.54, 1.807) is 61.5 Å². The highest BCUT2D eigenvalue weighted by molar-refractivity contribution is 7.92. The molecule has 0 aliphatic rings. The number of aryl methyl sites for hydroxylation is 1. The van der Waals surface area contributed by atoms with Gasteiger partial charge in [0.1, 0.15) is 12.6 Å². The van der Waals surface area contributed by atoms with E-state index < -0.39 is 28.5 Å². The molecule has 1 N–H and O–H groups in total. The van der Waals surface area contributed by atoms with E-state index in [9.17, 15) is 18.0 Å². The number of anilines is 1. The number of rotatable bonds is 11. The van der Waals surface area contributed by atoms with Crippen LogP contribution in [0.25, 0.3) is 0 Å². The second kappa shape index (κ2) is 14.1. The van der Waals surface area contributed by atoms with E-state index in [1.807, 2.05) is 37.3 Å². The quantitative estimate of drug-likeness (QED) is 0.212. The number of carbonyl (C=O) groups is 2. The molecule has 10 heteroatoms. The highest BCUT2D eigenvalue weighted by Crippen LogP contribution is 2.31. The first kappa shape index (κ1) is 32.1. The van der Waals surface area contributed by atoms with Gasteiger partial charge in [-0.2, -0.15) is 0 Å². The van der Waals surface area contributed by atoms with Crippen molar-refractivity contribution in [3.63, 3.8) is 0 Å². The Hall–Kier alpha value is -3.85. The Morgan fingerprint density at radius 1 is 0.814 bits per heavy atom. The summed E-state index contributed by atoms with van der Waals surface area (Å²) in [6, 6.07) is 26.7. The number of benzene rings is 4. The average Bonchev–Trinajstić information content (AvgIpc) is 3.00. The van der Waals surface area contributed by atoms with Crippen molar-refractivity contribution < 1.29 is 18.0 Å². The molecule has 224 valence electrons. The van der Waals surface area contributed by atoms with E-state index in [1.165, 1.54) is 24.1 Å². The number of hydrogen-bond donors (Lipinski definition) is 1. The van der Waals surface area contributed by atoms with Crippen LogP contribution in [0.1, 0.15) is 22.3 Å². The van der Waals surface area contributed by atoms with Gasteiger partial charge in [0.25, 0.3) is 10.0 Å². The van der Waals surface area contributed by atoms with Crippen LogP contribution >= 0.6 is 23.2 Å². The maximum Gasteiger partial charge on any atom is 0.264 e. The number of nitrogens with one attached hydrogen (secondary N) is 1. The second-order valence-corrected chi connectivity index (χ2v) is 12.9. The second-order valence-electron chi connectivity index (χ2n) is 10.2. The molecule has 4 aromatic rings. The van der Waals surface area contributed by atoms with Gasteiger partial charge < -0.3 is 10.2 Å². The number of nitrogens with zero attached hydrogens (tertiary/aromatic N) is 2. The van der Waals surface area contributed by atoms with Gasteiger partial charge in [-0.1, -0.05) is 89.4 Å². The zero-order chi connectivity index (χ0) is 31.1. The number of hydrogen-bond acceptors (Lipinski definition) is 4. The van der Waals surface area contributed by atoms with Gasteiger partial charge in [-0.15, -0.1) is 0 Å². The highest BCUT2D eigenvalue weighted by atomic mass is 35.5. The summed E-state index contributed by atoms with van der Waals surface area (Å²) in [7, 11) is -2.71. The fraction of sp³-hybridized carbons (Fsp3) is 0.212. The van der Waals surface area contributed by atoms with Crippen LogP contribution in [0.4, 0.5) is 5.69 Å². The fourth-order valence-electron chi connectivity index (χ4n) is 4.72. The molecule has 0 fully saturated rings. The Kier molecular flexibility index (Phi) is 10.5. The van der Waals surface area contributed by atoms with Crippen molar-refractivity contribution in [3.05, 3.63) is 129 Å². The highest BCUT2D eigenvalue weighted by Gasteiger charge is 2.35. The first-order valence-electron chi connectivity index (χ1n) is 13.6. The van der Waals surface area contributed by atoms with Crippen LogP contribution in [-0.4, -0.2) is 44.8 Å². The van der Waals surface area contributed by atoms with Crippen LogP contribution in [0.3, 0.4) is 0 Å². The smallest absolute Gasteiger partial charge is 0.264 e. The normalized spacial score (nSPS) is 11.9. The van der Waals surface area contributed by atoms with Gasteiger partial charge in [0.15, 0.2) is 0 Å². The molecule has 0 aliphatic carbocycles. The van der Waals surface area contributed by atoms with Crippen molar-refractivity contribution in [2.24, 2.45) is 0 Å². The Morgan fingerprint density at radius 3 is 2.09 bits per heavy atom. The van der Waals surface area contributed by atoms with Crippen molar-refractivity contribution in [1.29, 1.82) is 0 Å². The van der Waals surface area contributed by atoms with Crippen molar-refractivity contribution in [1.82, 2.24) is 10.2 Å². The van der Waals surface area contributed by atoms with Gasteiger partial charge in [0.2, 0.25) is 11.8 Å². The predicted molar refractivity (Wildman–Crippen MR) is 172 cm³/mol. The summed E-state index contributed by atoms with van der Waals surface area (Å²) < 4.78 is 29.3. The van der Waals surface area contributed by atoms with Crippen molar-refractivity contribution >= 4 is 50.7 Å². The third-order valence-electron chi connectivity index (χ3n) is 7.18. The topological polar surface area (TPSA) is 86.8 Å². The molecule has 0 aromatic heterocycles. The van der Waals surface area contributed by atoms with Gasteiger partial charge in [-0.05, 0) is 66.9 Å². The third-order valence-corrected chi connectivity index (χ3v) is 9.61. The lowest BCUT2D eigenvalue weighted by Crippen LogP contribution is -2.53. The monoisotopic (exact) mass is 637 g/mol. The minimum absolute atomic E-state index is 0.0293. The summed E-state index contributed by atoms with van der Waals surface area (Å²) >= 11 is 12.5. The SMILES string of the molecule is CNC(=O)[C@H](Cc1ccccc1)N(Cc1ccc(Cl)cc1)C(=O)CN(c1cccc(Cl)c1C)S(=O)(=O)c1ccc(C)cc1. The molecular formula is C33H33Cl2N3O4S. The molecule has 0 bridgehead atoms. The molecular weight excluding hydrogens is 605 g/mol. The van der Waals surface area contributed by atoms with Gasteiger partial charge >= 0.3 is 0 Å². The molecule has 1 atom stereocenters. The number of amides is 2. The van der Waals surface area contributed by atoms with Crippen LogP contribution in [0.2, 0.25) is 10.0 Å². The van der Waals surface area contributed by atoms with Gasteiger partial charge in [0, 0.05) is 30.1 Å². The number of carbonyl (C=O) groups excluding carboxylic acids is 2. The maximum absolute atomic E-state index is 14.4. The molecule has 0 heterocycles. The zero-order valence-electron chi connectivity index (χ0n) is 24.1. The molecule has 7 nitrogen and oxygen atoms in total. The number of sulfonamides is 1. The van der Waals surface area contributed by atoms with E-state index in [2.05, 4.69) is 5.32 Å². The summed E-state index contributed by atoms with van der Waals surface area (Å²) in [4.78, 5) is 29.1. The van der Waals surface area contributed by atoms with E-state index >= 15 is 0 Å². The predicted octanol–water partition coefficient (Wildman–Crippen LogP) is 6.19. The van der Waals surface area contributed by atoms with Crippen molar-refractivity contribution in [2.75, 3.05) is 17.9 Å². The average molecular weight is 639 g/mol. The largest absolute Gasteiger partial charge is 0.357 e. The first-order chi connectivity index (χ1) is 20.5. The van der Waals surface area contributed by atoms with Gasteiger partial charge in [0.05, 0.1) is 10.6 Å². The lowest BCUT2D eigenvalue weighted by molar-refractivity contribution is -0.139. The Bertz CT molecular complexity index is 1680. The number of halogens is 2. The minimum Gasteiger partial charge on any atom is -0.357 e. The molecule has 2 amide bonds. The first-order valence-corrected chi connectivity index (χ1v) is 15.8. The molecule has 0 aliphatic heterocycles. The Balaban J connectivity index is 1.81. The molecule has 0 spiro atoms. The Morgan fingerprint density at radius 2 is 1.47 bits per heavy atom. The summed E-state index contributed by atoms with van der Waals surface area (Å²) in [5.41, 5.74) is 3.24.